The highest BCUT2D eigenvalue weighted by Crippen LogP contribution is 2.40. The first-order chi connectivity index (χ1) is 12.8. The Morgan fingerprint density at radius 1 is 1.19 bits per heavy atom. The van der Waals surface area contributed by atoms with Crippen LogP contribution < -0.4 is 5.32 Å². The second-order valence-electron chi connectivity index (χ2n) is 5.97. The number of aliphatic carboxylic acids is 2. The molecular weight excluding hydrogens is 373 g/mol. The van der Waals surface area contributed by atoms with Gasteiger partial charge in [0.25, 0.3) is 0 Å². The Bertz CT molecular complexity index is 1030. The van der Waals surface area contributed by atoms with Crippen molar-refractivity contribution in [3.05, 3.63) is 40.8 Å². The second-order valence-corrected chi connectivity index (χ2v) is 7.18. The van der Waals surface area contributed by atoms with E-state index in [1.807, 2.05) is 6.92 Å². The molecule has 1 atom stereocenters. The van der Waals surface area contributed by atoms with Crippen molar-refractivity contribution in [1.29, 1.82) is 0 Å². The lowest BCUT2D eigenvalue weighted by Gasteiger charge is -2.15. The zero-order chi connectivity index (χ0) is 19.7. The third-order valence-electron chi connectivity index (χ3n) is 3.96. The quantitative estimate of drug-likeness (QED) is 0.592. The number of carboxylic acid groups (broad SMARTS) is 2. The molecule has 27 heavy (non-hydrogen) atoms. The normalized spacial score (nSPS) is 12.1. The molecule has 3 N–H and O–H groups in total. The van der Waals surface area contributed by atoms with Gasteiger partial charge in [-0.25, -0.2) is 19.2 Å². The highest BCUT2D eigenvalue weighted by atomic mass is 32.1. The van der Waals surface area contributed by atoms with E-state index in [1.165, 1.54) is 23.5 Å². The molecule has 0 fully saturated rings. The predicted octanol–water partition coefficient (Wildman–Crippen LogP) is 3.45. The van der Waals surface area contributed by atoms with E-state index in [-0.39, 0.29) is 11.6 Å². The molecule has 3 rings (SSSR count). The van der Waals surface area contributed by atoms with Crippen LogP contribution in [0, 0.1) is 19.7 Å². The maximum absolute atomic E-state index is 13.3. The summed E-state index contributed by atoms with van der Waals surface area (Å²) >= 11 is 1.41. The summed E-state index contributed by atoms with van der Waals surface area (Å²) in [7, 11) is 0. The van der Waals surface area contributed by atoms with Gasteiger partial charge in [0.05, 0.1) is 11.8 Å². The van der Waals surface area contributed by atoms with Gasteiger partial charge in [0.15, 0.2) is 0 Å². The molecule has 0 aliphatic rings. The first-order valence-electron chi connectivity index (χ1n) is 8.01. The molecule has 0 radical (unpaired) electrons. The van der Waals surface area contributed by atoms with Crippen LogP contribution in [0.25, 0.3) is 21.3 Å². The molecule has 0 bridgehead atoms. The van der Waals surface area contributed by atoms with Gasteiger partial charge < -0.3 is 15.5 Å². The molecule has 1 aromatic carbocycles. The number of carbonyl (C=O) groups is 2. The molecule has 2 aromatic heterocycles. The van der Waals surface area contributed by atoms with Crippen molar-refractivity contribution in [2.24, 2.45) is 0 Å². The van der Waals surface area contributed by atoms with E-state index >= 15 is 0 Å². The Hall–Kier alpha value is -3.07. The maximum atomic E-state index is 13.3. The lowest BCUT2D eigenvalue weighted by molar-refractivity contribution is -0.144. The zero-order valence-corrected chi connectivity index (χ0v) is 15.3. The molecular formula is C18H16FN3O4S. The number of benzene rings is 1. The number of fused-ring (bicyclic) bond motifs is 1. The number of hydrogen-bond acceptors (Lipinski definition) is 6. The highest BCUT2D eigenvalue weighted by molar-refractivity contribution is 7.19. The number of thiophene rings is 1. The lowest BCUT2D eigenvalue weighted by Crippen LogP contribution is -2.32. The van der Waals surface area contributed by atoms with Gasteiger partial charge in [0.1, 0.15) is 28.3 Å². The van der Waals surface area contributed by atoms with Crippen molar-refractivity contribution in [2.75, 3.05) is 5.32 Å². The van der Waals surface area contributed by atoms with Crippen LogP contribution in [0.4, 0.5) is 10.2 Å². The molecule has 140 valence electrons. The SMILES string of the molecule is Cc1nc(NC(CC(=O)O)C(=O)O)c2c(-c3ccc(F)cc3)c(C)sc2n1. The summed E-state index contributed by atoms with van der Waals surface area (Å²) in [5.74, 6) is -2.23. The molecule has 1 unspecified atom stereocenters. The van der Waals surface area contributed by atoms with Crippen LogP contribution in [0.2, 0.25) is 0 Å². The second kappa shape index (κ2) is 7.28. The zero-order valence-electron chi connectivity index (χ0n) is 14.5. The third kappa shape index (κ3) is 3.87. The summed E-state index contributed by atoms with van der Waals surface area (Å²) in [5.41, 5.74) is 1.50. The Morgan fingerprint density at radius 2 is 1.85 bits per heavy atom. The topological polar surface area (TPSA) is 112 Å². The van der Waals surface area contributed by atoms with Crippen LogP contribution in [-0.2, 0) is 9.59 Å². The molecule has 0 amide bonds. The van der Waals surface area contributed by atoms with E-state index in [9.17, 15) is 19.1 Å². The van der Waals surface area contributed by atoms with Gasteiger partial charge in [-0.3, -0.25) is 4.79 Å². The summed E-state index contributed by atoms with van der Waals surface area (Å²) < 4.78 is 13.3. The van der Waals surface area contributed by atoms with Gasteiger partial charge in [-0.05, 0) is 31.5 Å². The number of halogens is 1. The number of aryl methyl sites for hydroxylation is 2. The summed E-state index contributed by atoms with van der Waals surface area (Å²) in [5, 5.41) is 21.6. The minimum atomic E-state index is -1.35. The highest BCUT2D eigenvalue weighted by Gasteiger charge is 2.25. The first kappa shape index (κ1) is 18.7. The van der Waals surface area contributed by atoms with E-state index < -0.39 is 24.4 Å². The van der Waals surface area contributed by atoms with Gasteiger partial charge in [0.2, 0.25) is 0 Å². The Morgan fingerprint density at radius 3 is 2.44 bits per heavy atom. The number of nitrogens with one attached hydrogen (secondary N) is 1. The summed E-state index contributed by atoms with van der Waals surface area (Å²) in [4.78, 5) is 32.7. The van der Waals surface area contributed by atoms with Crippen molar-refractivity contribution in [1.82, 2.24) is 9.97 Å². The van der Waals surface area contributed by atoms with Crippen molar-refractivity contribution in [3.63, 3.8) is 0 Å². The monoisotopic (exact) mass is 389 g/mol. The minimum Gasteiger partial charge on any atom is -0.481 e. The molecule has 9 heteroatoms. The van der Waals surface area contributed by atoms with E-state index in [1.54, 1.807) is 19.1 Å². The number of rotatable bonds is 6. The van der Waals surface area contributed by atoms with Gasteiger partial charge in [-0.15, -0.1) is 11.3 Å². The molecule has 0 aliphatic heterocycles. The van der Waals surface area contributed by atoms with Gasteiger partial charge in [-0.1, -0.05) is 12.1 Å². The standard InChI is InChI=1S/C18H16FN3O4S/c1-8-14(10-3-5-11(19)6-4-10)15-16(20-9(2)21-17(15)27-8)22-12(18(25)26)7-13(23)24/h3-6,12H,7H2,1-2H3,(H,23,24)(H,25,26)(H,20,21,22). The predicted molar refractivity (Wildman–Crippen MR) is 99.6 cm³/mol. The Kier molecular flexibility index (Phi) is 5.04. The van der Waals surface area contributed by atoms with Crippen molar-refractivity contribution >= 4 is 39.3 Å². The van der Waals surface area contributed by atoms with Crippen LogP contribution in [0.15, 0.2) is 24.3 Å². The molecule has 0 aliphatic carbocycles. The number of carboxylic acids is 2. The van der Waals surface area contributed by atoms with Crippen LogP contribution >= 0.6 is 11.3 Å². The minimum absolute atomic E-state index is 0.245. The van der Waals surface area contributed by atoms with Crippen LogP contribution in [0.3, 0.4) is 0 Å². The van der Waals surface area contributed by atoms with Crippen molar-refractivity contribution < 1.29 is 24.2 Å². The fourth-order valence-corrected chi connectivity index (χ4v) is 3.92. The van der Waals surface area contributed by atoms with Crippen molar-refractivity contribution in [2.45, 2.75) is 26.3 Å². The summed E-state index contributed by atoms with van der Waals surface area (Å²) in [6.07, 6.45) is -0.602. The molecule has 3 aromatic rings. The average molecular weight is 389 g/mol. The fraction of sp³-hybridized carbons (Fsp3) is 0.222. The van der Waals surface area contributed by atoms with Crippen molar-refractivity contribution in [3.8, 4) is 11.1 Å². The van der Waals surface area contributed by atoms with Gasteiger partial charge in [-0.2, -0.15) is 0 Å². The van der Waals surface area contributed by atoms with Crippen LogP contribution in [0.5, 0.6) is 0 Å². The average Bonchev–Trinajstić information content (AvgIpc) is 2.90. The van der Waals surface area contributed by atoms with E-state index in [0.29, 0.717) is 16.0 Å². The third-order valence-corrected chi connectivity index (χ3v) is 4.96. The smallest absolute Gasteiger partial charge is 0.326 e. The fourth-order valence-electron chi connectivity index (χ4n) is 2.83. The number of nitrogens with zero attached hydrogens (tertiary/aromatic N) is 2. The van der Waals surface area contributed by atoms with Gasteiger partial charge >= 0.3 is 11.9 Å². The van der Waals surface area contributed by atoms with Gasteiger partial charge in [0, 0.05) is 10.4 Å². The summed E-state index contributed by atoms with van der Waals surface area (Å²) in [6, 6.07) is 4.58. The molecule has 0 saturated heterocycles. The first-order valence-corrected chi connectivity index (χ1v) is 8.82. The largest absolute Gasteiger partial charge is 0.481 e. The van der Waals surface area contributed by atoms with E-state index in [2.05, 4.69) is 15.3 Å². The van der Waals surface area contributed by atoms with E-state index in [4.69, 9.17) is 5.11 Å². The molecule has 0 spiro atoms. The summed E-state index contributed by atoms with van der Waals surface area (Å²) in [6.45, 7) is 3.56. The van der Waals surface area contributed by atoms with E-state index in [0.717, 1.165) is 16.0 Å². The van der Waals surface area contributed by atoms with Crippen LogP contribution in [-0.4, -0.2) is 38.2 Å². The number of hydrogen-bond donors (Lipinski definition) is 3. The Balaban J connectivity index is 2.18. The number of anilines is 1. The Labute approximate surface area is 157 Å². The molecule has 2 heterocycles. The van der Waals surface area contributed by atoms with Crippen LogP contribution in [0.1, 0.15) is 17.1 Å². The maximum Gasteiger partial charge on any atom is 0.326 e. The molecule has 0 saturated carbocycles. The number of aromatic nitrogens is 2. The molecule has 7 nitrogen and oxygen atoms in total. The lowest BCUT2D eigenvalue weighted by atomic mass is 10.0.